The van der Waals surface area contributed by atoms with Gasteiger partial charge in [0.1, 0.15) is 5.58 Å². The van der Waals surface area contributed by atoms with E-state index >= 15 is 0 Å². The first-order valence-corrected chi connectivity index (χ1v) is 23.7. The standard InChI is InChI=1S/C65H38N4O/c1-2-12-39(13-3-1)43-18-10-19-47(34-43)63-66-64(48-29-31-51-46(35-48)26-24-40-14-6-8-20-50(40)51)68-65(67-63)49-27-25-42-30-33-59-60(55(42)37-49)54-22-11-23-57(62(54)70-59)69-58-38-45-17-5-4-16-44(45)36-56(58)53-32-28-41-15-7-9-21-52(41)61(53)69/h1-38H. The number of para-hydroxylation sites is 1. The average Bonchev–Trinajstić information content (AvgIpc) is 3.98. The summed E-state index contributed by atoms with van der Waals surface area (Å²) in [5.41, 5.74) is 9.92. The van der Waals surface area contributed by atoms with Gasteiger partial charge < -0.3 is 8.98 Å². The fourth-order valence-corrected chi connectivity index (χ4v) is 11.0. The van der Waals surface area contributed by atoms with Crippen LogP contribution in [0.25, 0.3) is 149 Å². The summed E-state index contributed by atoms with van der Waals surface area (Å²) in [6.45, 7) is 0. The van der Waals surface area contributed by atoms with Gasteiger partial charge in [0, 0.05) is 43.6 Å². The molecule has 15 rings (SSSR count). The minimum Gasteiger partial charge on any atom is -0.454 e. The van der Waals surface area contributed by atoms with E-state index in [1.807, 2.05) is 6.07 Å². The molecule has 0 N–H and O–H groups in total. The Kier molecular flexibility index (Phi) is 8.29. The molecule has 3 heterocycles. The quantitative estimate of drug-likeness (QED) is 0.162. The van der Waals surface area contributed by atoms with Crippen LogP contribution in [0.5, 0.6) is 0 Å². The van der Waals surface area contributed by atoms with E-state index in [1.54, 1.807) is 0 Å². The largest absolute Gasteiger partial charge is 0.454 e. The maximum Gasteiger partial charge on any atom is 0.164 e. The first-order chi connectivity index (χ1) is 34.7. The van der Waals surface area contributed by atoms with Crippen LogP contribution < -0.4 is 0 Å². The summed E-state index contributed by atoms with van der Waals surface area (Å²) in [7, 11) is 0. The first kappa shape index (κ1) is 38.6. The highest BCUT2D eigenvalue weighted by Gasteiger charge is 2.22. The van der Waals surface area contributed by atoms with Gasteiger partial charge in [-0.2, -0.15) is 0 Å². The van der Waals surface area contributed by atoms with E-state index in [-0.39, 0.29) is 0 Å². The number of hydrogen-bond acceptors (Lipinski definition) is 4. The minimum absolute atomic E-state index is 0.598. The highest BCUT2D eigenvalue weighted by atomic mass is 16.3. The molecule has 0 bridgehead atoms. The SMILES string of the molecule is c1ccc(-c2cccc(-c3nc(-c4ccc5c(ccc6ccccc65)c4)nc(-c4ccc5ccc6oc7c(-n8c9cc%10ccccc%10cc9c9ccc%10ccccc%10c98)cccc7c6c5c4)n3)c2)cc1. The summed E-state index contributed by atoms with van der Waals surface area (Å²) >= 11 is 0. The van der Waals surface area contributed by atoms with Crippen molar-refractivity contribution in [3.63, 3.8) is 0 Å². The summed E-state index contributed by atoms with van der Waals surface area (Å²) in [6, 6.07) is 82.2. The summed E-state index contributed by atoms with van der Waals surface area (Å²) in [5, 5.41) is 16.3. The molecule has 0 spiro atoms. The van der Waals surface area contributed by atoms with Crippen molar-refractivity contribution < 1.29 is 4.42 Å². The number of fused-ring (bicyclic) bond motifs is 14. The zero-order valence-electron chi connectivity index (χ0n) is 37.6. The second kappa shape index (κ2) is 15.0. The Morgan fingerprint density at radius 2 is 0.843 bits per heavy atom. The maximum absolute atomic E-state index is 7.06. The molecular formula is C65H38N4O. The summed E-state index contributed by atoms with van der Waals surface area (Å²) in [4.78, 5) is 15.8. The summed E-state index contributed by atoms with van der Waals surface area (Å²) < 4.78 is 9.48. The zero-order valence-corrected chi connectivity index (χ0v) is 37.6. The van der Waals surface area contributed by atoms with Gasteiger partial charge in [0.15, 0.2) is 23.1 Å². The average molecular weight is 891 g/mol. The molecule has 0 saturated heterocycles. The van der Waals surface area contributed by atoms with E-state index in [9.17, 15) is 0 Å². The molecule has 0 atom stereocenters. The van der Waals surface area contributed by atoms with Gasteiger partial charge in [0.25, 0.3) is 0 Å². The number of nitrogens with zero attached hydrogens (tertiary/aromatic N) is 4. The smallest absolute Gasteiger partial charge is 0.164 e. The fourth-order valence-electron chi connectivity index (χ4n) is 11.0. The van der Waals surface area contributed by atoms with Gasteiger partial charge in [0.05, 0.1) is 16.7 Å². The number of hydrogen-bond donors (Lipinski definition) is 0. The topological polar surface area (TPSA) is 56.7 Å². The van der Waals surface area contributed by atoms with Gasteiger partial charge in [-0.3, -0.25) is 0 Å². The molecule has 0 aliphatic carbocycles. The molecule has 0 amide bonds. The Hall–Kier alpha value is -9.45. The van der Waals surface area contributed by atoms with Crippen LogP contribution in [-0.2, 0) is 0 Å². The van der Waals surface area contributed by atoms with Crippen molar-refractivity contribution >= 4 is 97.6 Å². The second-order valence-corrected chi connectivity index (χ2v) is 18.3. The van der Waals surface area contributed by atoms with Crippen molar-refractivity contribution in [2.75, 3.05) is 0 Å². The molecule has 0 aliphatic heterocycles. The van der Waals surface area contributed by atoms with Gasteiger partial charge in [0.2, 0.25) is 0 Å². The lowest BCUT2D eigenvalue weighted by molar-refractivity contribution is 0.666. The Morgan fingerprint density at radius 1 is 0.300 bits per heavy atom. The second-order valence-electron chi connectivity index (χ2n) is 18.3. The van der Waals surface area contributed by atoms with Crippen molar-refractivity contribution in [3.8, 4) is 51.0 Å². The molecule has 5 heteroatoms. The molecule has 3 aromatic heterocycles. The van der Waals surface area contributed by atoms with E-state index < -0.39 is 0 Å². The van der Waals surface area contributed by atoms with Crippen LogP contribution in [0.3, 0.4) is 0 Å². The third-order valence-corrected chi connectivity index (χ3v) is 14.3. The van der Waals surface area contributed by atoms with Crippen molar-refractivity contribution in [2.45, 2.75) is 0 Å². The van der Waals surface area contributed by atoms with Crippen molar-refractivity contribution in [2.24, 2.45) is 0 Å². The van der Waals surface area contributed by atoms with E-state index in [0.29, 0.717) is 17.5 Å². The van der Waals surface area contributed by atoms with Gasteiger partial charge in [-0.25, -0.2) is 15.0 Å². The van der Waals surface area contributed by atoms with Gasteiger partial charge in [-0.1, -0.05) is 188 Å². The molecule has 5 nitrogen and oxygen atoms in total. The van der Waals surface area contributed by atoms with Crippen LogP contribution in [0.1, 0.15) is 0 Å². The van der Waals surface area contributed by atoms with Crippen LogP contribution in [-0.4, -0.2) is 19.5 Å². The Morgan fingerprint density at radius 3 is 1.67 bits per heavy atom. The number of benzene rings is 12. The molecule has 15 aromatic rings. The highest BCUT2D eigenvalue weighted by Crippen LogP contribution is 2.44. The van der Waals surface area contributed by atoms with E-state index in [0.717, 1.165) is 77.1 Å². The monoisotopic (exact) mass is 890 g/mol. The van der Waals surface area contributed by atoms with Crippen LogP contribution in [0.15, 0.2) is 235 Å². The van der Waals surface area contributed by atoms with Gasteiger partial charge in [-0.15, -0.1) is 0 Å². The molecular weight excluding hydrogens is 853 g/mol. The predicted octanol–water partition coefficient (Wildman–Crippen LogP) is 17.3. The molecule has 324 valence electrons. The van der Waals surface area contributed by atoms with Crippen LogP contribution in [0, 0.1) is 0 Å². The zero-order chi connectivity index (χ0) is 45.9. The first-order valence-electron chi connectivity index (χ1n) is 23.7. The van der Waals surface area contributed by atoms with Crippen LogP contribution in [0.2, 0.25) is 0 Å². The molecule has 12 aromatic carbocycles. The Balaban J connectivity index is 0.944. The van der Waals surface area contributed by atoms with Gasteiger partial charge >= 0.3 is 0 Å². The molecule has 70 heavy (non-hydrogen) atoms. The molecule has 0 aliphatic rings. The Bertz CT molecular complexity index is 4660. The van der Waals surface area contributed by atoms with E-state index in [1.165, 1.54) is 54.0 Å². The van der Waals surface area contributed by atoms with Crippen molar-refractivity contribution in [3.05, 3.63) is 231 Å². The molecule has 0 saturated carbocycles. The third-order valence-electron chi connectivity index (χ3n) is 14.3. The minimum atomic E-state index is 0.598. The normalized spacial score (nSPS) is 12.0. The lowest BCUT2D eigenvalue weighted by Gasteiger charge is -2.11. The number of rotatable bonds is 5. The maximum atomic E-state index is 7.06. The Labute approximate surface area is 401 Å². The number of furan rings is 1. The van der Waals surface area contributed by atoms with Crippen molar-refractivity contribution in [1.29, 1.82) is 0 Å². The van der Waals surface area contributed by atoms with E-state index in [4.69, 9.17) is 19.4 Å². The highest BCUT2D eigenvalue weighted by molar-refractivity contribution is 6.24. The fraction of sp³-hybridized carbons (Fsp3) is 0. The molecule has 0 fully saturated rings. The molecule has 0 unspecified atom stereocenters. The summed E-state index contributed by atoms with van der Waals surface area (Å²) in [6.07, 6.45) is 0. The number of aromatic nitrogens is 4. The molecule has 0 radical (unpaired) electrons. The van der Waals surface area contributed by atoms with E-state index in [2.05, 4.69) is 229 Å². The van der Waals surface area contributed by atoms with Crippen LogP contribution >= 0.6 is 0 Å². The third kappa shape index (κ3) is 5.95. The lowest BCUT2D eigenvalue weighted by atomic mass is 9.99. The predicted molar refractivity (Wildman–Crippen MR) is 291 cm³/mol. The lowest BCUT2D eigenvalue weighted by Crippen LogP contribution is -2.00. The van der Waals surface area contributed by atoms with Crippen LogP contribution in [0.4, 0.5) is 0 Å². The van der Waals surface area contributed by atoms with Gasteiger partial charge in [-0.05, 0) is 102 Å². The summed E-state index contributed by atoms with van der Waals surface area (Å²) in [5.74, 6) is 1.82. The van der Waals surface area contributed by atoms with Crippen molar-refractivity contribution in [1.82, 2.24) is 19.5 Å².